The first-order valence-corrected chi connectivity index (χ1v) is 8.14. The summed E-state index contributed by atoms with van der Waals surface area (Å²) in [6.07, 6.45) is 1.11. The zero-order valence-electron chi connectivity index (χ0n) is 11.8. The fraction of sp³-hybridized carbons (Fsp3) is 0.133. The van der Waals surface area contributed by atoms with Crippen LogP contribution in [-0.4, -0.2) is 20.6 Å². The van der Waals surface area contributed by atoms with Gasteiger partial charge in [-0.1, -0.05) is 6.07 Å². The Hall–Kier alpha value is -2.34. The Morgan fingerprint density at radius 3 is 2.48 bits per heavy atom. The first kappa shape index (κ1) is 15.1. The van der Waals surface area contributed by atoms with Gasteiger partial charge in [-0.05, 0) is 48.9 Å². The number of carbonyl (C=O) groups is 1. The van der Waals surface area contributed by atoms with Gasteiger partial charge >= 0.3 is 0 Å². The van der Waals surface area contributed by atoms with E-state index in [-0.39, 0.29) is 16.4 Å². The zero-order chi connectivity index (χ0) is 15.6. The van der Waals surface area contributed by atoms with Crippen molar-refractivity contribution < 1.29 is 13.2 Å². The van der Waals surface area contributed by atoms with Crippen molar-refractivity contribution >= 4 is 27.1 Å². The van der Waals surface area contributed by atoms with Crippen molar-refractivity contribution in [1.82, 2.24) is 0 Å². The molecule has 0 bridgehead atoms. The fourth-order valence-corrected chi connectivity index (χ4v) is 2.56. The van der Waals surface area contributed by atoms with Gasteiger partial charge in [0.1, 0.15) is 0 Å². The molecule has 0 aromatic heterocycles. The van der Waals surface area contributed by atoms with Gasteiger partial charge < -0.3 is 11.1 Å². The molecule has 0 radical (unpaired) electrons. The summed E-state index contributed by atoms with van der Waals surface area (Å²) in [6, 6.07) is 11.1. The second-order valence-corrected chi connectivity index (χ2v) is 6.84. The summed E-state index contributed by atoms with van der Waals surface area (Å²) < 4.78 is 23.0. The third-order valence-corrected chi connectivity index (χ3v) is 4.13. The maximum atomic E-state index is 12.2. The van der Waals surface area contributed by atoms with Gasteiger partial charge in [0.2, 0.25) is 0 Å². The molecule has 0 unspecified atom stereocenters. The van der Waals surface area contributed by atoms with Crippen molar-refractivity contribution in [2.45, 2.75) is 11.8 Å². The summed E-state index contributed by atoms with van der Waals surface area (Å²) in [5.74, 6) is -0.367. The molecule has 2 aromatic rings. The van der Waals surface area contributed by atoms with E-state index in [0.29, 0.717) is 11.4 Å². The number of carbonyl (C=O) groups excluding carboxylic acids is 1. The predicted molar refractivity (Wildman–Crippen MR) is 83.1 cm³/mol. The van der Waals surface area contributed by atoms with Crippen molar-refractivity contribution in [3.05, 3.63) is 53.6 Å². The molecule has 0 atom stereocenters. The van der Waals surface area contributed by atoms with E-state index in [9.17, 15) is 13.2 Å². The number of anilines is 2. The van der Waals surface area contributed by atoms with Crippen LogP contribution in [0.4, 0.5) is 11.4 Å². The number of nitrogen functional groups attached to an aromatic ring is 1. The van der Waals surface area contributed by atoms with E-state index in [0.717, 1.165) is 11.8 Å². The molecule has 2 aromatic carbocycles. The Morgan fingerprint density at radius 2 is 1.86 bits per heavy atom. The minimum atomic E-state index is -3.34. The van der Waals surface area contributed by atoms with Crippen LogP contribution in [0.3, 0.4) is 0 Å². The minimum absolute atomic E-state index is 0.115. The molecular formula is C15H16N2O3S. The monoisotopic (exact) mass is 304 g/mol. The number of nitrogens with two attached hydrogens (primary N) is 1. The average Bonchev–Trinajstić information content (AvgIpc) is 2.41. The third-order valence-electron chi connectivity index (χ3n) is 3.02. The van der Waals surface area contributed by atoms with Gasteiger partial charge in [-0.15, -0.1) is 0 Å². The molecule has 5 nitrogen and oxygen atoms in total. The molecule has 0 aliphatic rings. The average molecular weight is 304 g/mol. The number of benzene rings is 2. The van der Waals surface area contributed by atoms with E-state index < -0.39 is 9.84 Å². The normalized spacial score (nSPS) is 11.1. The lowest BCUT2D eigenvalue weighted by molar-refractivity contribution is 0.102. The van der Waals surface area contributed by atoms with Crippen molar-refractivity contribution in [2.75, 3.05) is 17.3 Å². The molecule has 6 heteroatoms. The standard InChI is InChI=1S/C15H16N2O3S/c1-10-8-12(16)6-7-14(10)17-15(18)11-4-3-5-13(9-11)21(2,19)20/h3-9H,16H2,1-2H3,(H,17,18). The number of sulfone groups is 1. The number of hydrogen-bond acceptors (Lipinski definition) is 4. The zero-order valence-corrected chi connectivity index (χ0v) is 12.6. The van der Waals surface area contributed by atoms with Crippen LogP contribution in [0.15, 0.2) is 47.4 Å². The summed E-state index contributed by atoms with van der Waals surface area (Å²) in [7, 11) is -3.34. The third kappa shape index (κ3) is 3.61. The van der Waals surface area contributed by atoms with Gasteiger partial charge in [0, 0.05) is 23.2 Å². The van der Waals surface area contributed by atoms with Gasteiger partial charge in [0.25, 0.3) is 5.91 Å². The maximum absolute atomic E-state index is 12.2. The summed E-state index contributed by atoms with van der Waals surface area (Å²) in [5.41, 5.74) is 8.03. The summed E-state index contributed by atoms with van der Waals surface area (Å²) in [6.45, 7) is 1.83. The Balaban J connectivity index is 2.29. The van der Waals surface area contributed by atoms with Crippen LogP contribution >= 0.6 is 0 Å². The van der Waals surface area contributed by atoms with E-state index in [1.807, 2.05) is 6.92 Å². The fourth-order valence-electron chi connectivity index (χ4n) is 1.89. The molecular weight excluding hydrogens is 288 g/mol. The van der Waals surface area contributed by atoms with E-state index in [4.69, 9.17) is 5.73 Å². The SMILES string of the molecule is Cc1cc(N)ccc1NC(=O)c1cccc(S(C)(=O)=O)c1. The molecule has 0 fully saturated rings. The highest BCUT2D eigenvalue weighted by atomic mass is 32.2. The molecule has 0 saturated heterocycles. The summed E-state index contributed by atoms with van der Waals surface area (Å²) >= 11 is 0. The summed E-state index contributed by atoms with van der Waals surface area (Å²) in [4.78, 5) is 12.3. The van der Waals surface area contributed by atoms with Crippen LogP contribution in [0, 0.1) is 6.92 Å². The largest absolute Gasteiger partial charge is 0.399 e. The van der Waals surface area contributed by atoms with Crippen LogP contribution in [0.25, 0.3) is 0 Å². The van der Waals surface area contributed by atoms with Crippen molar-refractivity contribution in [1.29, 1.82) is 0 Å². The molecule has 110 valence electrons. The Bertz CT molecular complexity index is 798. The van der Waals surface area contributed by atoms with E-state index in [2.05, 4.69) is 5.32 Å². The second-order valence-electron chi connectivity index (χ2n) is 4.83. The maximum Gasteiger partial charge on any atom is 0.255 e. The van der Waals surface area contributed by atoms with Crippen LogP contribution in [-0.2, 0) is 9.84 Å². The van der Waals surface area contributed by atoms with Gasteiger partial charge in [0.05, 0.1) is 4.90 Å². The molecule has 0 spiro atoms. The van der Waals surface area contributed by atoms with Crippen LogP contribution in [0.2, 0.25) is 0 Å². The highest BCUT2D eigenvalue weighted by Crippen LogP contribution is 2.19. The number of hydrogen-bond donors (Lipinski definition) is 2. The Labute approximate surface area is 123 Å². The molecule has 1 amide bonds. The molecule has 21 heavy (non-hydrogen) atoms. The molecule has 2 rings (SSSR count). The van der Waals surface area contributed by atoms with Crippen molar-refractivity contribution in [3.63, 3.8) is 0 Å². The van der Waals surface area contributed by atoms with Gasteiger partial charge in [-0.2, -0.15) is 0 Å². The molecule has 0 saturated carbocycles. The minimum Gasteiger partial charge on any atom is -0.399 e. The van der Waals surface area contributed by atoms with E-state index in [1.54, 1.807) is 30.3 Å². The lowest BCUT2D eigenvalue weighted by atomic mass is 10.1. The van der Waals surface area contributed by atoms with Gasteiger partial charge in [-0.3, -0.25) is 4.79 Å². The van der Waals surface area contributed by atoms with Gasteiger partial charge in [0.15, 0.2) is 9.84 Å². The Morgan fingerprint density at radius 1 is 1.14 bits per heavy atom. The summed E-state index contributed by atoms with van der Waals surface area (Å²) in [5, 5.41) is 2.74. The number of aryl methyl sites for hydroxylation is 1. The van der Waals surface area contributed by atoms with E-state index >= 15 is 0 Å². The predicted octanol–water partition coefficient (Wildman–Crippen LogP) is 2.23. The quantitative estimate of drug-likeness (QED) is 0.851. The Kier molecular flexibility index (Phi) is 3.99. The number of rotatable bonds is 3. The smallest absolute Gasteiger partial charge is 0.255 e. The van der Waals surface area contributed by atoms with Crippen LogP contribution in [0.5, 0.6) is 0 Å². The first-order chi connectivity index (χ1) is 9.77. The lowest BCUT2D eigenvalue weighted by Crippen LogP contribution is -2.13. The molecule has 0 aliphatic carbocycles. The van der Waals surface area contributed by atoms with Crippen molar-refractivity contribution in [2.24, 2.45) is 0 Å². The van der Waals surface area contributed by atoms with E-state index in [1.165, 1.54) is 12.1 Å². The second kappa shape index (κ2) is 5.57. The highest BCUT2D eigenvalue weighted by Gasteiger charge is 2.12. The van der Waals surface area contributed by atoms with Crippen LogP contribution < -0.4 is 11.1 Å². The molecule has 3 N–H and O–H groups in total. The van der Waals surface area contributed by atoms with Gasteiger partial charge in [-0.25, -0.2) is 8.42 Å². The van der Waals surface area contributed by atoms with Crippen LogP contribution in [0.1, 0.15) is 15.9 Å². The lowest BCUT2D eigenvalue weighted by Gasteiger charge is -2.09. The number of nitrogens with one attached hydrogen (secondary N) is 1. The number of amides is 1. The highest BCUT2D eigenvalue weighted by molar-refractivity contribution is 7.90. The topological polar surface area (TPSA) is 89.3 Å². The first-order valence-electron chi connectivity index (χ1n) is 6.25. The molecule has 0 aliphatic heterocycles. The molecule has 0 heterocycles. The van der Waals surface area contributed by atoms with Crippen molar-refractivity contribution in [3.8, 4) is 0 Å².